The smallest absolute Gasteiger partial charge is 0.232 e. The number of phenolic OH excluding ortho intramolecular Hbond substituents is 1. The summed E-state index contributed by atoms with van der Waals surface area (Å²) in [6, 6.07) is 6.93. The van der Waals surface area contributed by atoms with Gasteiger partial charge in [-0.15, -0.1) is 0 Å². The van der Waals surface area contributed by atoms with E-state index in [1.165, 1.54) is 0 Å². The van der Waals surface area contributed by atoms with Crippen molar-refractivity contribution in [3.63, 3.8) is 0 Å². The van der Waals surface area contributed by atoms with Crippen LogP contribution in [0.1, 0.15) is 27.0 Å². The number of benzene rings is 2. The van der Waals surface area contributed by atoms with Crippen molar-refractivity contribution < 1.29 is 24.1 Å². The van der Waals surface area contributed by atoms with Gasteiger partial charge in [0, 0.05) is 12.1 Å². The third kappa shape index (κ3) is 3.48. The summed E-state index contributed by atoms with van der Waals surface area (Å²) in [6.07, 6.45) is 1.64. The number of aromatic hydroxyl groups is 1. The number of nitrogens with zero attached hydrogens (tertiary/aromatic N) is 1. The molecular weight excluding hydrogens is 346 g/mol. The first kappa shape index (κ1) is 18.8. The maximum atomic E-state index is 13.0. The number of phenols is 1. The lowest BCUT2D eigenvalue weighted by molar-refractivity contribution is 0.101. The Balaban J connectivity index is 2.10. The molecule has 0 atom stereocenters. The molecule has 0 aromatic heterocycles. The molecule has 0 amide bonds. The van der Waals surface area contributed by atoms with Gasteiger partial charge in [0.15, 0.2) is 5.76 Å². The quantitative estimate of drug-likeness (QED) is 0.815. The average Bonchev–Trinajstić information content (AvgIpc) is 2.95. The monoisotopic (exact) mass is 369 g/mol. The molecule has 27 heavy (non-hydrogen) atoms. The lowest BCUT2D eigenvalue weighted by Gasteiger charge is -2.15. The first-order valence-electron chi connectivity index (χ1n) is 8.52. The average molecular weight is 369 g/mol. The number of Topliss-reactive ketones (excluding diaryl/α,β-unsaturated/α-hetero) is 1. The van der Waals surface area contributed by atoms with Crippen LogP contribution in [0, 0.1) is 6.92 Å². The van der Waals surface area contributed by atoms with E-state index in [2.05, 4.69) is 0 Å². The Labute approximate surface area is 158 Å². The van der Waals surface area contributed by atoms with Crippen LogP contribution in [0.4, 0.5) is 0 Å². The van der Waals surface area contributed by atoms with E-state index in [-0.39, 0.29) is 17.3 Å². The van der Waals surface area contributed by atoms with Crippen LogP contribution in [-0.4, -0.2) is 44.1 Å². The SMILES string of the molecule is COc1ccc(OC)c(/C=C2/Oc3c(CN(C)C)c(O)cc(C)c3C2=O)c1. The zero-order chi connectivity index (χ0) is 19.7. The number of carbonyl (C=O) groups excluding carboxylic acids is 1. The van der Waals surface area contributed by atoms with Gasteiger partial charge in [0.25, 0.3) is 0 Å². The van der Waals surface area contributed by atoms with Crippen LogP contribution >= 0.6 is 0 Å². The minimum absolute atomic E-state index is 0.118. The molecule has 0 radical (unpaired) electrons. The van der Waals surface area contributed by atoms with E-state index in [1.54, 1.807) is 51.5 Å². The summed E-state index contributed by atoms with van der Waals surface area (Å²) in [5.74, 6) is 1.75. The summed E-state index contributed by atoms with van der Waals surface area (Å²) in [4.78, 5) is 14.9. The standard InChI is InChI=1S/C21H23NO5/c1-12-8-16(23)15(11-22(2)3)21-19(12)20(24)18(27-21)10-13-9-14(25-4)6-7-17(13)26-5/h6-10,23H,11H2,1-5H3/b18-10+. The number of fused-ring (bicyclic) bond motifs is 1. The van der Waals surface area contributed by atoms with E-state index in [1.807, 2.05) is 19.0 Å². The Hall–Kier alpha value is -2.99. The van der Waals surface area contributed by atoms with Crippen molar-refractivity contribution in [3.8, 4) is 23.0 Å². The highest BCUT2D eigenvalue weighted by Crippen LogP contribution is 2.42. The van der Waals surface area contributed by atoms with E-state index in [0.717, 1.165) is 0 Å². The van der Waals surface area contributed by atoms with Crippen LogP contribution in [0.2, 0.25) is 0 Å². The van der Waals surface area contributed by atoms with Gasteiger partial charge < -0.3 is 24.2 Å². The van der Waals surface area contributed by atoms with Crippen LogP contribution < -0.4 is 14.2 Å². The number of ketones is 1. The molecule has 6 heteroatoms. The lowest BCUT2D eigenvalue weighted by Crippen LogP contribution is -2.12. The van der Waals surface area contributed by atoms with Gasteiger partial charge in [0.1, 0.15) is 23.0 Å². The molecular formula is C21H23NO5. The minimum atomic E-state index is -0.215. The normalized spacial score (nSPS) is 14.4. The van der Waals surface area contributed by atoms with Crippen molar-refractivity contribution in [2.24, 2.45) is 0 Å². The highest BCUT2D eigenvalue weighted by atomic mass is 16.5. The van der Waals surface area contributed by atoms with Gasteiger partial charge in [-0.05, 0) is 56.9 Å². The zero-order valence-electron chi connectivity index (χ0n) is 16.1. The molecule has 0 unspecified atom stereocenters. The Morgan fingerprint density at radius 1 is 1.19 bits per heavy atom. The number of carbonyl (C=O) groups is 1. The predicted molar refractivity (Wildman–Crippen MR) is 103 cm³/mol. The molecule has 2 aromatic carbocycles. The van der Waals surface area contributed by atoms with Gasteiger partial charge in [0.2, 0.25) is 5.78 Å². The van der Waals surface area contributed by atoms with Crippen LogP contribution in [0.3, 0.4) is 0 Å². The molecule has 1 aliphatic heterocycles. The van der Waals surface area contributed by atoms with E-state index in [9.17, 15) is 9.90 Å². The van der Waals surface area contributed by atoms with Crippen LogP contribution in [0.15, 0.2) is 30.0 Å². The molecule has 0 bridgehead atoms. The first-order chi connectivity index (χ1) is 12.8. The second kappa shape index (κ2) is 7.32. The Morgan fingerprint density at radius 3 is 2.56 bits per heavy atom. The Kier molecular flexibility index (Phi) is 5.10. The topological polar surface area (TPSA) is 68.2 Å². The van der Waals surface area contributed by atoms with Gasteiger partial charge >= 0.3 is 0 Å². The molecule has 1 heterocycles. The summed E-state index contributed by atoms with van der Waals surface area (Å²) >= 11 is 0. The molecule has 1 N–H and O–H groups in total. The summed E-state index contributed by atoms with van der Waals surface area (Å²) in [5, 5.41) is 10.3. The molecule has 1 aliphatic rings. The van der Waals surface area contributed by atoms with Crippen molar-refractivity contribution in [2.75, 3.05) is 28.3 Å². The van der Waals surface area contributed by atoms with Gasteiger partial charge in [0.05, 0.1) is 25.3 Å². The van der Waals surface area contributed by atoms with Crippen molar-refractivity contribution in [2.45, 2.75) is 13.5 Å². The van der Waals surface area contributed by atoms with Crippen molar-refractivity contribution in [1.82, 2.24) is 4.90 Å². The number of allylic oxidation sites excluding steroid dienone is 1. The number of hydrogen-bond donors (Lipinski definition) is 1. The van der Waals surface area contributed by atoms with E-state index in [0.29, 0.717) is 46.0 Å². The molecule has 0 saturated carbocycles. The summed E-state index contributed by atoms with van der Waals surface area (Å²) in [5.41, 5.74) is 2.42. The third-order valence-electron chi connectivity index (χ3n) is 4.42. The maximum absolute atomic E-state index is 13.0. The van der Waals surface area contributed by atoms with Crippen LogP contribution in [0.25, 0.3) is 6.08 Å². The van der Waals surface area contributed by atoms with E-state index < -0.39 is 0 Å². The number of aryl methyl sites for hydroxylation is 1. The fraction of sp³-hybridized carbons (Fsp3) is 0.286. The third-order valence-corrected chi connectivity index (χ3v) is 4.42. The van der Waals surface area contributed by atoms with E-state index >= 15 is 0 Å². The highest BCUT2D eigenvalue weighted by molar-refractivity contribution is 6.16. The lowest BCUT2D eigenvalue weighted by atomic mass is 9.99. The van der Waals surface area contributed by atoms with Crippen LogP contribution in [0.5, 0.6) is 23.0 Å². The fourth-order valence-corrected chi connectivity index (χ4v) is 3.14. The fourth-order valence-electron chi connectivity index (χ4n) is 3.14. The van der Waals surface area contributed by atoms with E-state index in [4.69, 9.17) is 14.2 Å². The maximum Gasteiger partial charge on any atom is 0.232 e. The first-order valence-corrected chi connectivity index (χ1v) is 8.52. The molecule has 6 nitrogen and oxygen atoms in total. The molecule has 0 aliphatic carbocycles. The van der Waals surface area contributed by atoms with Gasteiger partial charge in [-0.2, -0.15) is 0 Å². The molecule has 0 saturated heterocycles. The Bertz CT molecular complexity index is 931. The van der Waals surface area contributed by atoms with Gasteiger partial charge in [-0.25, -0.2) is 0 Å². The van der Waals surface area contributed by atoms with Crippen molar-refractivity contribution in [3.05, 3.63) is 52.3 Å². The second-order valence-electron chi connectivity index (χ2n) is 6.68. The molecule has 3 rings (SSSR count). The summed E-state index contributed by atoms with van der Waals surface area (Å²) in [7, 11) is 6.92. The zero-order valence-corrected chi connectivity index (χ0v) is 16.1. The summed E-state index contributed by atoms with van der Waals surface area (Å²) < 4.78 is 16.5. The van der Waals surface area contributed by atoms with Crippen LogP contribution in [-0.2, 0) is 6.54 Å². The van der Waals surface area contributed by atoms with Gasteiger partial charge in [-0.1, -0.05) is 0 Å². The number of methoxy groups -OCH3 is 2. The number of rotatable bonds is 5. The number of ether oxygens (including phenoxy) is 3. The largest absolute Gasteiger partial charge is 0.507 e. The highest BCUT2D eigenvalue weighted by Gasteiger charge is 2.33. The Morgan fingerprint density at radius 2 is 1.93 bits per heavy atom. The van der Waals surface area contributed by atoms with Crippen molar-refractivity contribution in [1.29, 1.82) is 0 Å². The number of hydrogen-bond acceptors (Lipinski definition) is 6. The van der Waals surface area contributed by atoms with Gasteiger partial charge in [-0.3, -0.25) is 4.79 Å². The second-order valence-corrected chi connectivity index (χ2v) is 6.68. The predicted octanol–water partition coefficient (Wildman–Crippen LogP) is 3.40. The van der Waals surface area contributed by atoms with Crippen molar-refractivity contribution >= 4 is 11.9 Å². The summed E-state index contributed by atoms with van der Waals surface area (Å²) in [6.45, 7) is 2.24. The molecule has 142 valence electrons. The molecule has 2 aromatic rings. The molecule has 0 fully saturated rings. The minimum Gasteiger partial charge on any atom is -0.507 e. The molecule has 0 spiro atoms.